The number of imide groups is 1. The molecule has 0 aliphatic carbocycles. The molecule has 30 heavy (non-hydrogen) atoms. The minimum atomic E-state index is -0.635. The van der Waals surface area contributed by atoms with Gasteiger partial charge < -0.3 is 5.32 Å². The second-order valence-corrected chi connectivity index (χ2v) is 8.65. The first-order chi connectivity index (χ1) is 14.4. The van der Waals surface area contributed by atoms with Crippen LogP contribution in [-0.4, -0.2) is 11.8 Å². The number of carbonyl (C=O) groups excluding carboxylic acids is 2. The lowest BCUT2D eigenvalue weighted by molar-refractivity contribution is -0.120. The van der Waals surface area contributed by atoms with Crippen LogP contribution in [0.1, 0.15) is 5.56 Å². The van der Waals surface area contributed by atoms with Gasteiger partial charge in [0.05, 0.1) is 5.69 Å². The van der Waals surface area contributed by atoms with Crippen LogP contribution in [0.4, 0.5) is 15.8 Å². The number of amides is 2. The van der Waals surface area contributed by atoms with Crippen LogP contribution in [-0.2, 0) is 9.59 Å². The van der Waals surface area contributed by atoms with Crippen molar-refractivity contribution < 1.29 is 14.0 Å². The van der Waals surface area contributed by atoms with Crippen molar-refractivity contribution in [2.75, 3.05) is 10.2 Å². The number of para-hydroxylation sites is 1. The lowest BCUT2D eigenvalue weighted by Gasteiger charge is -2.16. The van der Waals surface area contributed by atoms with Gasteiger partial charge in [0.15, 0.2) is 0 Å². The molecule has 0 saturated heterocycles. The number of thioether (sulfide) groups is 1. The highest BCUT2D eigenvalue weighted by Gasteiger charge is 2.41. The van der Waals surface area contributed by atoms with Gasteiger partial charge in [0.25, 0.3) is 11.8 Å². The molecule has 0 saturated carbocycles. The maximum Gasteiger partial charge on any atom is 0.283 e. The number of benzene rings is 3. The summed E-state index contributed by atoms with van der Waals surface area (Å²) in [5.41, 5.74) is 1.79. The fourth-order valence-electron chi connectivity index (χ4n) is 2.97. The van der Waals surface area contributed by atoms with E-state index in [2.05, 4.69) is 21.2 Å². The van der Waals surface area contributed by atoms with E-state index in [4.69, 9.17) is 0 Å². The normalized spacial score (nSPS) is 13.9. The van der Waals surface area contributed by atoms with Crippen molar-refractivity contribution in [3.8, 4) is 0 Å². The molecule has 2 amide bonds. The summed E-state index contributed by atoms with van der Waals surface area (Å²) in [4.78, 5) is 28.3. The minimum Gasteiger partial charge on any atom is -0.350 e. The monoisotopic (exact) mass is 482 g/mol. The summed E-state index contributed by atoms with van der Waals surface area (Å²) in [7, 11) is 0. The van der Waals surface area contributed by atoms with Gasteiger partial charge >= 0.3 is 0 Å². The van der Waals surface area contributed by atoms with E-state index >= 15 is 0 Å². The van der Waals surface area contributed by atoms with Crippen molar-refractivity contribution in [1.82, 2.24) is 0 Å². The van der Waals surface area contributed by atoms with E-state index in [0.717, 1.165) is 19.8 Å². The van der Waals surface area contributed by atoms with E-state index in [0.29, 0.717) is 5.69 Å². The molecule has 4 nitrogen and oxygen atoms in total. The Kier molecular flexibility index (Phi) is 5.74. The number of halogens is 2. The summed E-state index contributed by atoms with van der Waals surface area (Å²) in [5, 5.41) is 3.05. The molecule has 0 radical (unpaired) electrons. The average molecular weight is 483 g/mol. The highest BCUT2D eigenvalue weighted by atomic mass is 79.9. The molecule has 0 unspecified atom stereocenters. The summed E-state index contributed by atoms with van der Waals surface area (Å²) in [6, 6.07) is 20.6. The smallest absolute Gasteiger partial charge is 0.283 e. The van der Waals surface area contributed by atoms with E-state index in [1.165, 1.54) is 30.0 Å². The number of hydrogen-bond acceptors (Lipinski definition) is 4. The second kappa shape index (κ2) is 8.45. The Morgan fingerprint density at radius 1 is 0.900 bits per heavy atom. The summed E-state index contributed by atoms with van der Waals surface area (Å²) < 4.78 is 15.3. The molecular weight excluding hydrogens is 467 g/mol. The van der Waals surface area contributed by atoms with Gasteiger partial charge in [-0.1, -0.05) is 57.5 Å². The third-order valence-corrected chi connectivity index (χ3v) is 6.11. The molecule has 0 aromatic heterocycles. The van der Waals surface area contributed by atoms with E-state index in [-0.39, 0.29) is 16.3 Å². The highest BCUT2D eigenvalue weighted by molar-refractivity contribution is 9.10. The van der Waals surface area contributed by atoms with Crippen LogP contribution >= 0.6 is 27.7 Å². The van der Waals surface area contributed by atoms with E-state index in [9.17, 15) is 14.0 Å². The molecule has 7 heteroatoms. The molecule has 1 N–H and O–H groups in total. The van der Waals surface area contributed by atoms with Gasteiger partial charge in [0.1, 0.15) is 16.4 Å². The zero-order chi connectivity index (χ0) is 21.3. The second-order valence-electron chi connectivity index (χ2n) is 6.65. The lowest BCUT2D eigenvalue weighted by Crippen LogP contribution is -2.33. The summed E-state index contributed by atoms with van der Waals surface area (Å²) >= 11 is 4.55. The molecule has 1 aliphatic heterocycles. The van der Waals surface area contributed by atoms with Gasteiger partial charge in [0.2, 0.25) is 0 Å². The van der Waals surface area contributed by atoms with Crippen LogP contribution < -0.4 is 10.2 Å². The summed E-state index contributed by atoms with van der Waals surface area (Å²) in [6.45, 7) is 1.97. The quantitative estimate of drug-likeness (QED) is 0.460. The minimum absolute atomic E-state index is 0.0675. The standard InChI is InChI=1S/C23H16BrFN2O2S/c1-14-6-12-17(13-7-14)30-21-20(26-16-10-8-15(24)9-11-16)22(28)27(23(21)29)19-5-3-2-4-18(19)25/h2-13,26H,1H3. The van der Waals surface area contributed by atoms with Crippen LogP contribution in [0.5, 0.6) is 0 Å². The highest BCUT2D eigenvalue weighted by Crippen LogP contribution is 2.38. The first-order valence-electron chi connectivity index (χ1n) is 9.09. The van der Waals surface area contributed by atoms with Gasteiger partial charge in [-0.3, -0.25) is 9.59 Å². The molecule has 1 aliphatic rings. The fourth-order valence-corrected chi connectivity index (χ4v) is 4.16. The maximum absolute atomic E-state index is 14.4. The molecule has 0 atom stereocenters. The molecule has 3 aromatic carbocycles. The Morgan fingerprint density at radius 2 is 1.57 bits per heavy atom. The van der Waals surface area contributed by atoms with Crippen LogP contribution in [0.25, 0.3) is 0 Å². The predicted octanol–water partition coefficient (Wildman–Crippen LogP) is 5.89. The number of hydrogen-bond donors (Lipinski definition) is 1. The third-order valence-electron chi connectivity index (χ3n) is 4.49. The SMILES string of the molecule is Cc1ccc(SC2=C(Nc3ccc(Br)cc3)C(=O)N(c3ccccc3F)C2=O)cc1. The van der Waals surface area contributed by atoms with Gasteiger partial charge in [0, 0.05) is 15.1 Å². The van der Waals surface area contributed by atoms with E-state index in [1.54, 1.807) is 18.2 Å². The van der Waals surface area contributed by atoms with Crippen molar-refractivity contribution in [2.24, 2.45) is 0 Å². The number of rotatable bonds is 5. The van der Waals surface area contributed by atoms with Crippen molar-refractivity contribution in [3.63, 3.8) is 0 Å². The topological polar surface area (TPSA) is 49.4 Å². The van der Waals surface area contributed by atoms with Crippen molar-refractivity contribution in [1.29, 1.82) is 0 Å². The molecule has 0 fully saturated rings. The number of aryl methyl sites for hydroxylation is 1. The Bertz CT molecular complexity index is 1090. The predicted molar refractivity (Wildman–Crippen MR) is 121 cm³/mol. The van der Waals surface area contributed by atoms with Gasteiger partial charge in [-0.25, -0.2) is 9.29 Å². The van der Waals surface area contributed by atoms with Gasteiger partial charge in [-0.05, 0) is 55.5 Å². The third kappa shape index (κ3) is 4.04. The molecule has 1 heterocycles. The van der Waals surface area contributed by atoms with Crippen molar-refractivity contribution in [3.05, 3.63) is 99.3 Å². The number of nitrogens with zero attached hydrogens (tertiary/aromatic N) is 1. The largest absolute Gasteiger partial charge is 0.350 e. The Hall–Kier alpha value is -2.90. The maximum atomic E-state index is 14.4. The molecule has 150 valence electrons. The number of nitrogens with one attached hydrogen (secondary N) is 1. The zero-order valence-electron chi connectivity index (χ0n) is 15.9. The van der Waals surface area contributed by atoms with E-state index in [1.807, 2.05) is 43.3 Å². The molecule has 0 spiro atoms. The van der Waals surface area contributed by atoms with Crippen LogP contribution in [0.2, 0.25) is 0 Å². The summed E-state index contributed by atoms with van der Waals surface area (Å²) in [6.07, 6.45) is 0. The van der Waals surface area contributed by atoms with Gasteiger partial charge in [-0.2, -0.15) is 0 Å². The molecule has 4 rings (SSSR count). The number of anilines is 2. The van der Waals surface area contributed by atoms with Crippen LogP contribution in [0.15, 0.2) is 92.8 Å². The van der Waals surface area contributed by atoms with E-state index < -0.39 is 17.6 Å². The molecular formula is C23H16BrFN2O2S. The lowest BCUT2D eigenvalue weighted by atomic mass is 10.2. The average Bonchev–Trinajstić information content (AvgIpc) is 2.96. The molecule has 3 aromatic rings. The molecule has 0 bridgehead atoms. The summed E-state index contributed by atoms with van der Waals surface area (Å²) in [5.74, 6) is -1.79. The number of carbonyl (C=O) groups is 2. The van der Waals surface area contributed by atoms with Crippen LogP contribution in [0, 0.1) is 12.7 Å². The zero-order valence-corrected chi connectivity index (χ0v) is 18.3. The van der Waals surface area contributed by atoms with Crippen molar-refractivity contribution >= 4 is 50.9 Å². The Labute approximate surface area is 185 Å². The Balaban J connectivity index is 1.75. The first kappa shape index (κ1) is 20.4. The fraction of sp³-hybridized carbons (Fsp3) is 0.0435. The first-order valence-corrected chi connectivity index (χ1v) is 10.7. The van der Waals surface area contributed by atoms with Gasteiger partial charge in [-0.15, -0.1) is 0 Å². The Morgan fingerprint density at radius 3 is 2.23 bits per heavy atom. The van der Waals surface area contributed by atoms with Crippen molar-refractivity contribution in [2.45, 2.75) is 11.8 Å². The van der Waals surface area contributed by atoms with Crippen LogP contribution in [0.3, 0.4) is 0 Å².